The molecule has 1 aliphatic rings. The van der Waals surface area contributed by atoms with Crippen molar-refractivity contribution in [3.8, 4) is 5.75 Å². The van der Waals surface area contributed by atoms with Gasteiger partial charge in [0.05, 0.1) is 0 Å². The van der Waals surface area contributed by atoms with Crippen LogP contribution >= 0.6 is 0 Å². The summed E-state index contributed by atoms with van der Waals surface area (Å²) in [5.41, 5.74) is 2.37. The predicted molar refractivity (Wildman–Crippen MR) is 94.7 cm³/mol. The van der Waals surface area contributed by atoms with E-state index in [-0.39, 0.29) is 12.0 Å². The summed E-state index contributed by atoms with van der Waals surface area (Å²) >= 11 is 0. The minimum Gasteiger partial charge on any atom is -0.489 e. The number of hydrogen-bond acceptors (Lipinski definition) is 4. The van der Waals surface area contributed by atoms with Crippen molar-refractivity contribution in [2.75, 3.05) is 6.61 Å². The van der Waals surface area contributed by atoms with E-state index in [2.05, 4.69) is 29.4 Å². The molecule has 0 saturated heterocycles. The molecule has 1 aromatic carbocycles. The average Bonchev–Trinajstić information content (AvgIpc) is 3.01. The zero-order valence-electron chi connectivity index (χ0n) is 14.2. The Labute approximate surface area is 143 Å². The Morgan fingerprint density at radius 3 is 2.62 bits per heavy atom. The van der Waals surface area contributed by atoms with Crippen LogP contribution in [0, 0.1) is 5.41 Å². The molecule has 1 heterocycles. The highest BCUT2D eigenvalue weighted by Crippen LogP contribution is 2.37. The molecule has 128 valence electrons. The van der Waals surface area contributed by atoms with E-state index in [1.165, 1.54) is 12.0 Å². The zero-order valence-corrected chi connectivity index (χ0v) is 14.2. The number of aliphatic hydroxyl groups is 1. The standard InChI is InChI=1S/C20H26N2O2/c1-20(15-23)10-2-3-19(20)22-13-16-4-6-18(7-5-16)24-14-17-8-11-21-12-9-17/h4-9,11-12,19,22-23H,2-3,10,13-15H2,1H3. The predicted octanol–water partition coefficient (Wildman–Crippen LogP) is 3.30. The first-order chi connectivity index (χ1) is 11.7. The first kappa shape index (κ1) is 16.9. The average molecular weight is 326 g/mol. The van der Waals surface area contributed by atoms with Crippen molar-refractivity contribution in [3.05, 3.63) is 59.9 Å². The molecule has 0 aliphatic heterocycles. The van der Waals surface area contributed by atoms with Crippen LogP contribution < -0.4 is 10.1 Å². The summed E-state index contributed by atoms with van der Waals surface area (Å²) in [4.78, 5) is 4.00. The molecule has 2 aromatic rings. The van der Waals surface area contributed by atoms with Gasteiger partial charge in [-0.15, -0.1) is 0 Å². The van der Waals surface area contributed by atoms with Gasteiger partial charge in [-0.2, -0.15) is 0 Å². The second kappa shape index (κ2) is 7.77. The Kier molecular flexibility index (Phi) is 5.48. The fraction of sp³-hybridized carbons (Fsp3) is 0.450. The van der Waals surface area contributed by atoms with E-state index in [1.54, 1.807) is 12.4 Å². The normalized spacial score (nSPS) is 23.3. The molecule has 24 heavy (non-hydrogen) atoms. The molecule has 1 aliphatic carbocycles. The number of rotatable bonds is 7. The Bertz CT molecular complexity index is 630. The van der Waals surface area contributed by atoms with E-state index in [1.807, 2.05) is 24.3 Å². The maximum atomic E-state index is 9.62. The Morgan fingerprint density at radius 1 is 1.17 bits per heavy atom. The minimum absolute atomic E-state index is 0.0214. The molecule has 0 bridgehead atoms. The van der Waals surface area contributed by atoms with Gasteiger partial charge in [-0.25, -0.2) is 0 Å². The molecule has 1 fully saturated rings. The number of ether oxygens (including phenoxy) is 1. The molecule has 4 nitrogen and oxygen atoms in total. The lowest BCUT2D eigenvalue weighted by Crippen LogP contribution is -2.41. The van der Waals surface area contributed by atoms with Gasteiger partial charge in [0.15, 0.2) is 0 Å². The lowest BCUT2D eigenvalue weighted by atomic mass is 9.86. The highest BCUT2D eigenvalue weighted by molar-refractivity contribution is 5.27. The molecular weight excluding hydrogens is 300 g/mol. The summed E-state index contributed by atoms with van der Waals surface area (Å²) in [5.74, 6) is 0.872. The van der Waals surface area contributed by atoms with Crippen LogP contribution in [0.1, 0.15) is 37.3 Å². The van der Waals surface area contributed by atoms with E-state index in [4.69, 9.17) is 4.74 Å². The van der Waals surface area contributed by atoms with Crippen LogP contribution in [0.4, 0.5) is 0 Å². The highest BCUT2D eigenvalue weighted by atomic mass is 16.5. The monoisotopic (exact) mass is 326 g/mol. The SMILES string of the molecule is CC1(CO)CCCC1NCc1ccc(OCc2ccncc2)cc1. The van der Waals surface area contributed by atoms with E-state index in [9.17, 15) is 5.11 Å². The third-order valence-electron chi connectivity index (χ3n) is 5.07. The maximum Gasteiger partial charge on any atom is 0.119 e. The van der Waals surface area contributed by atoms with E-state index in [0.717, 1.165) is 30.7 Å². The first-order valence-electron chi connectivity index (χ1n) is 8.64. The van der Waals surface area contributed by atoms with Gasteiger partial charge in [0.25, 0.3) is 0 Å². The van der Waals surface area contributed by atoms with Crippen molar-refractivity contribution in [2.24, 2.45) is 5.41 Å². The van der Waals surface area contributed by atoms with Crippen LogP contribution in [0.25, 0.3) is 0 Å². The minimum atomic E-state index is 0.0214. The lowest BCUT2D eigenvalue weighted by molar-refractivity contribution is 0.118. The molecule has 0 radical (unpaired) electrons. The van der Waals surface area contributed by atoms with Gasteiger partial charge < -0.3 is 15.2 Å². The summed E-state index contributed by atoms with van der Waals surface area (Å²) in [6.45, 7) is 3.81. The van der Waals surface area contributed by atoms with Gasteiger partial charge >= 0.3 is 0 Å². The Balaban J connectivity index is 1.49. The number of hydrogen-bond donors (Lipinski definition) is 2. The van der Waals surface area contributed by atoms with Crippen LogP contribution in [0.2, 0.25) is 0 Å². The van der Waals surface area contributed by atoms with Crippen LogP contribution in [0.5, 0.6) is 5.75 Å². The van der Waals surface area contributed by atoms with Crippen molar-refractivity contribution >= 4 is 0 Å². The molecule has 4 heteroatoms. The summed E-state index contributed by atoms with van der Waals surface area (Å²) in [6.07, 6.45) is 6.98. The quantitative estimate of drug-likeness (QED) is 0.820. The first-order valence-corrected chi connectivity index (χ1v) is 8.64. The summed E-state index contributed by atoms with van der Waals surface area (Å²) < 4.78 is 5.79. The summed E-state index contributed by atoms with van der Waals surface area (Å²) in [6, 6.07) is 12.5. The smallest absolute Gasteiger partial charge is 0.119 e. The molecule has 0 amide bonds. The molecule has 1 aromatic heterocycles. The summed E-state index contributed by atoms with van der Waals surface area (Å²) in [7, 11) is 0. The van der Waals surface area contributed by atoms with Crippen LogP contribution in [-0.2, 0) is 13.2 Å². The second-order valence-corrected chi connectivity index (χ2v) is 6.93. The van der Waals surface area contributed by atoms with E-state index in [0.29, 0.717) is 12.6 Å². The number of nitrogens with one attached hydrogen (secondary N) is 1. The molecule has 0 spiro atoms. The zero-order chi connectivity index (χ0) is 16.8. The molecule has 2 N–H and O–H groups in total. The van der Waals surface area contributed by atoms with Crippen molar-refractivity contribution in [2.45, 2.75) is 45.4 Å². The summed E-state index contributed by atoms with van der Waals surface area (Å²) in [5, 5.41) is 13.2. The van der Waals surface area contributed by atoms with Crippen molar-refractivity contribution < 1.29 is 9.84 Å². The van der Waals surface area contributed by atoms with Crippen molar-refractivity contribution in [1.82, 2.24) is 10.3 Å². The number of pyridine rings is 1. The Hall–Kier alpha value is -1.91. The van der Waals surface area contributed by atoms with Crippen LogP contribution in [-0.4, -0.2) is 22.7 Å². The largest absolute Gasteiger partial charge is 0.489 e. The highest BCUT2D eigenvalue weighted by Gasteiger charge is 2.37. The van der Waals surface area contributed by atoms with Gasteiger partial charge in [0.2, 0.25) is 0 Å². The van der Waals surface area contributed by atoms with Crippen molar-refractivity contribution in [3.63, 3.8) is 0 Å². The van der Waals surface area contributed by atoms with Gasteiger partial charge in [-0.05, 0) is 48.2 Å². The fourth-order valence-corrected chi connectivity index (χ4v) is 3.36. The maximum absolute atomic E-state index is 9.62. The molecule has 3 rings (SSSR count). The van der Waals surface area contributed by atoms with E-state index >= 15 is 0 Å². The third kappa shape index (κ3) is 4.13. The van der Waals surface area contributed by atoms with Gasteiger partial charge in [0, 0.05) is 37.0 Å². The van der Waals surface area contributed by atoms with E-state index < -0.39 is 0 Å². The second-order valence-electron chi connectivity index (χ2n) is 6.93. The van der Waals surface area contributed by atoms with Gasteiger partial charge in [-0.1, -0.05) is 25.5 Å². The van der Waals surface area contributed by atoms with Gasteiger partial charge in [0.1, 0.15) is 12.4 Å². The number of aromatic nitrogens is 1. The molecular formula is C20H26N2O2. The number of benzene rings is 1. The van der Waals surface area contributed by atoms with Crippen LogP contribution in [0.15, 0.2) is 48.8 Å². The van der Waals surface area contributed by atoms with Crippen LogP contribution in [0.3, 0.4) is 0 Å². The number of nitrogens with zero attached hydrogens (tertiary/aromatic N) is 1. The Morgan fingerprint density at radius 2 is 1.92 bits per heavy atom. The lowest BCUT2D eigenvalue weighted by Gasteiger charge is -2.30. The third-order valence-corrected chi connectivity index (χ3v) is 5.07. The fourth-order valence-electron chi connectivity index (χ4n) is 3.36. The molecule has 2 unspecified atom stereocenters. The van der Waals surface area contributed by atoms with Crippen molar-refractivity contribution in [1.29, 1.82) is 0 Å². The molecule has 2 atom stereocenters. The number of aliphatic hydroxyl groups excluding tert-OH is 1. The molecule has 1 saturated carbocycles. The topological polar surface area (TPSA) is 54.4 Å². The van der Waals surface area contributed by atoms with Gasteiger partial charge in [-0.3, -0.25) is 4.98 Å².